The Hall–Kier alpha value is -1.56. The molecule has 6 heteroatoms. The number of hydrogen-bond acceptors (Lipinski definition) is 3. The van der Waals surface area contributed by atoms with Crippen LogP contribution in [0.3, 0.4) is 0 Å². The molecule has 0 bridgehead atoms. The molecule has 3 unspecified atom stereocenters. The van der Waals surface area contributed by atoms with Gasteiger partial charge in [-0.2, -0.15) is 0 Å². The topological polar surface area (TPSA) is 66.5 Å². The first-order valence-corrected chi connectivity index (χ1v) is 10.0. The van der Waals surface area contributed by atoms with Gasteiger partial charge in [-0.05, 0) is 25.8 Å². The summed E-state index contributed by atoms with van der Waals surface area (Å²) in [4.78, 5) is 14.0. The van der Waals surface area contributed by atoms with E-state index >= 15 is 0 Å². The molecule has 0 aliphatic heterocycles. The number of urea groups is 1. The number of hydrogen-bond donors (Lipinski definition) is 1. The van der Waals surface area contributed by atoms with Crippen LogP contribution in [0.2, 0.25) is 0 Å². The molecule has 2 rings (SSSR count). The second-order valence-corrected chi connectivity index (χ2v) is 8.54. The first-order chi connectivity index (χ1) is 10.9. The number of carbonyl (C=O) groups excluding carboxylic acids is 1. The molecule has 0 aromatic heterocycles. The van der Waals surface area contributed by atoms with Crippen LogP contribution in [0.25, 0.3) is 0 Å². The zero-order valence-electron chi connectivity index (χ0n) is 14.0. The third-order valence-corrected chi connectivity index (χ3v) is 6.27. The number of nitrogens with zero attached hydrogens (tertiary/aromatic N) is 1. The quantitative estimate of drug-likeness (QED) is 0.830. The lowest BCUT2D eigenvalue weighted by Gasteiger charge is -2.28. The summed E-state index contributed by atoms with van der Waals surface area (Å²) in [5.41, 5.74) is 1.24. The van der Waals surface area contributed by atoms with Crippen LogP contribution < -0.4 is 5.32 Å². The van der Waals surface area contributed by atoms with E-state index in [1.54, 1.807) is 18.7 Å². The lowest BCUT2D eigenvalue weighted by Crippen LogP contribution is -2.48. The Kier molecular flexibility index (Phi) is 5.68. The average Bonchev–Trinajstić information content (AvgIpc) is 3.27. The van der Waals surface area contributed by atoms with Crippen LogP contribution in [0, 0.1) is 0 Å². The number of rotatable bonds is 7. The SMILES string of the molecule is CCN(C(=O)NC1CC1c1ccccc1)C(C)CS(=O)(=O)CC. The number of amides is 2. The van der Waals surface area contributed by atoms with E-state index in [0.29, 0.717) is 12.5 Å². The van der Waals surface area contributed by atoms with E-state index in [1.807, 2.05) is 25.1 Å². The van der Waals surface area contributed by atoms with Gasteiger partial charge in [-0.3, -0.25) is 0 Å². The van der Waals surface area contributed by atoms with Gasteiger partial charge in [0.15, 0.2) is 9.84 Å². The van der Waals surface area contributed by atoms with Crippen LogP contribution >= 0.6 is 0 Å². The Balaban J connectivity index is 1.91. The van der Waals surface area contributed by atoms with Crippen LogP contribution in [0.5, 0.6) is 0 Å². The van der Waals surface area contributed by atoms with Gasteiger partial charge in [-0.1, -0.05) is 37.3 Å². The molecule has 0 heterocycles. The predicted molar refractivity (Wildman–Crippen MR) is 92.3 cm³/mol. The minimum atomic E-state index is -3.10. The van der Waals surface area contributed by atoms with Gasteiger partial charge in [0.05, 0.1) is 5.75 Å². The van der Waals surface area contributed by atoms with Crippen LogP contribution in [0.1, 0.15) is 38.7 Å². The zero-order valence-corrected chi connectivity index (χ0v) is 14.8. The van der Waals surface area contributed by atoms with Crippen molar-refractivity contribution >= 4 is 15.9 Å². The van der Waals surface area contributed by atoms with Gasteiger partial charge in [0.1, 0.15) is 0 Å². The maximum absolute atomic E-state index is 12.4. The molecule has 23 heavy (non-hydrogen) atoms. The van der Waals surface area contributed by atoms with Crippen molar-refractivity contribution in [2.75, 3.05) is 18.1 Å². The molecule has 0 radical (unpaired) electrons. The number of benzene rings is 1. The van der Waals surface area contributed by atoms with E-state index in [1.165, 1.54) is 5.56 Å². The first kappa shape index (κ1) is 17.8. The van der Waals surface area contributed by atoms with Crippen molar-refractivity contribution in [1.29, 1.82) is 0 Å². The van der Waals surface area contributed by atoms with Crippen molar-refractivity contribution in [1.82, 2.24) is 10.2 Å². The molecule has 128 valence electrons. The fraction of sp³-hybridized carbons (Fsp3) is 0.588. The highest BCUT2D eigenvalue weighted by molar-refractivity contribution is 7.91. The summed E-state index contributed by atoms with van der Waals surface area (Å²) in [5, 5.41) is 3.03. The summed E-state index contributed by atoms with van der Waals surface area (Å²) in [6.07, 6.45) is 0.939. The molecule has 1 aromatic rings. The highest BCUT2D eigenvalue weighted by atomic mass is 32.2. The molecule has 1 fully saturated rings. The summed E-state index contributed by atoms with van der Waals surface area (Å²) in [6.45, 7) is 5.79. The highest BCUT2D eigenvalue weighted by Crippen LogP contribution is 2.40. The van der Waals surface area contributed by atoms with Gasteiger partial charge in [0, 0.05) is 30.3 Å². The molecular formula is C17H26N2O3S. The Labute approximate surface area is 139 Å². The third kappa shape index (κ3) is 4.70. The summed E-state index contributed by atoms with van der Waals surface area (Å²) >= 11 is 0. The highest BCUT2D eigenvalue weighted by Gasteiger charge is 2.40. The standard InChI is InChI=1S/C17H26N2O3S/c1-4-19(13(3)12-23(21,22)5-2)17(20)18-16-11-15(16)14-9-7-6-8-10-14/h6-10,13,15-16H,4-5,11-12H2,1-3H3,(H,18,20). The first-order valence-electron chi connectivity index (χ1n) is 8.20. The largest absolute Gasteiger partial charge is 0.335 e. The average molecular weight is 338 g/mol. The van der Waals surface area contributed by atoms with Crippen molar-refractivity contribution in [2.24, 2.45) is 0 Å². The van der Waals surface area contributed by atoms with Crippen molar-refractivity contribution in [3.63, 3.8) is 0 Å². The predicted octanol–water partition coefficient (Wildman–Crippen LogP) is 2.40. The molecule has 0 spiro atoms. The fourth-order valence-corrected chi connectivity index (χ4v) is 4.05. The maximum Gasteiger partial charge on any atom is 0.317 e. The van der Waals surface area contributed by atoms with Crippen LogP contribution in [-0.2, 0) is 9.84 Å². The van der Waals surface area contributed by atoms with Crippen molar-refractivity contribution in [3.05, 3.63) is 35.9 Å². The second kappa shape index (κ2) is 7.34. The van der Waals surface area contributed by atoms with Crippen LogP contribution in [-0.4, -0.2) is 49.5 Å². The molecular weight excluding hydrogens is 312 g/mol. The lowest BCUT2D eigenvalue weighted by atomic mass is 10.1. The fourth-order valence-electron chi connectivity index (χ4n) is 2.90. The van der Waals surface area contributed by atoms with Gasteiger partial charge in [-0.25, -0.2) is 13.2 Å². The van der Waals surface area contributed by atoms with Crippen LogP contribution in [0.4, 0.5) is 4.79 Å². The Bertz CT molecular complexity index is 630. The molecule has 1 aliphatic rings. The maximum atomic E-state index is 12.4. The molecule has 5 nitrogen and oxygen atoms in total. The van der Waals surface area contributed by atoms with Crippen LogP contribution in [0.15, 0.2) is 30.3 Å². The summed E-state index contributed by atoms with van der Waals surface area (Å²) < 4.78 is 23.5. The van der Waals surface area contributed by atoms with Crippen molar-refractivity contribution < 1.29 is 13.2 Å². The molecule has 0 saturated heterocycles. The van der Waals surface area contributed by atoms with E-state index in [4.69, 9.17) is 0 Å². The van der Waals surface area contributed by atoms with Gasteiger partial charge in [0.25, 0.3) is 0 Å². The smallest absolute Gasteiger partial charge is 0.317 e. The van der Waals surface area contributed by atoms with Gasteiger partial charge >= 0.3 is 6.03 Å². The monoisotopic (exact) mass is 338 g/mol. The molecule has 2 amide bonds. The number of sulfone groups is 1. The van der Waals surface area contributed by atoms with Gasteiger partial charge < -0.3 is 10.2 Å². The van der Waals surface area contributed by atoms with E-state index in [9.17, 15) is 13.2 Å². The summed E-state index contributed by atoms with van der Waals surface area (Å²) in [6, 6.07) is 9.79. The Morgan fingerprint density at radius 1 is 1.30 bits per heavy atom. The lowest BCUT2D eigenvalue weighted by molar-refractivity contribution is 0.187. The minimum Gasteiger partial charge on any atom is -0.335 e. The Morgan fingerprint density at radius 3 is 2.52 bits per heavy atom. The molecule has 1 N–H and O–H groups in total. The summed E-state index contributed by atoms with van der Waals surface area (Å²) in [7, 11) is -3.10. The van der Waals surface area contributed by atoms with E-state index in [-0.39, 0.29) is 29.6 Å². The van der Waals surface area contributed by atoms with Gasteiger partial charge in [-0.15, -0.1) is 0 Å². The van der Waals surface area contributed by atoms with Crippen molar-refractivity contribution in [2.45, 2.75) is 45.2 Å². The number of nitrogens with one attached hydrogen (secondary N) is 1. The Morgan fingerprint density at radius 2 is 1.96 bits per heavy atom. The van der Waals surface area contributed by atoms with E-state index in [0.717, 1.165) is 6.42 Å². The molecule has 1 saturated carbocycles. The molecule has 1 aromatic carbocycles. The second-order valence-electron chi connectivity index (χ2n) is 6.14. The minimum absolute atomic E-state index is 0.0114. The van der Waals surface area contributed by atoms with E-state index < -0.39 is 9.84 Å². The van der Waals surface area contributed by atoms with Crippen molar-refractivity contribution in [3.8, 4) is 0 Å². The van der Waals surface area contributed by atoms with E-state index in [2.05, 4.69) is 17.4 Å². The normalized spacial score (nSPS) is 21.5. The zero-order chi connectivity index (χ0) is 17.0. The molecule has 1 aliphatic carbocycles. The third-order valence-electron chi connectivity index (χ3n) is 4.40. The number of carbonyl (C=O) groups is 1. The summed E-state index contributed by atoms with van der Waals surface area (Å²) in [5.74, 6) is 0.487. The van der Waals surface area contributed by atoms with Gasteiger partial charge in [0.2, 0.25) is 0 Å². The molecule has 3 atom stereocenters.